The highest BCUT2D eigenvalue weighted by Gasteiger charge is 2.21. The highest BCUT2D eigenvalue weighted by Crippen LogP contribution is 2.35. The topological polar surface area (TPSA) is 0 Å². The van der Waals surface area contributed by atoms with Crippen LogP contribution in [-0.4, -0.2) is 13.6 Å². The van der Waals surface area contributed by atoms with E-state index in [1.807, 2.05) is 0 Å². The van der Waals surface area contributed by atoms with Gasteiger partial charge < -0.3 is 0 Å². The largest absolute Gasteiger partial charge is 0.0632 e. The van der Waals surface area contributed by atoms with Crippen molar-refractivity contribution < 1.29 is 0 Å². The Morgan fingerprint density at radius 3 is 1.89 bits per heavy atom. The Morgan fingerprint density at radius 1 is 0.789 bits per heavy atom. The van der Waals surface area contributed by atoms with Crippen molar-refractivity contribution in [1.82, 2.24) is 0 Å². The van der Waals surface area contributed by atoms with Gasteiger partial charge in [-0.15, -0.1) is 0 Å². The maximum absolute atomic E-state index is 2.43. The average molecular weight is 262 g/mol. The maximum Gasteiger partial charge on any atom is 0.0158 e. The third-order valence-corrected chi connectivity index (χ3v) is 6.36. The van der Waals surface area contributed by atoms with Crippen LogP contribution in [0.25, 0.3) is 11.1 Å². The van der Waals surface area contributed by atoms with Crippen molar-refractivity contribution in [1.29, 1.82) is 0 Å². The molecule has 1 aliphatic heterocycles. The summed E-state index contributed by atoms with van der Waals surface area (Å²) in [5.74, 6) is 0. The first kappa shape index (κ1) is 12.3. The SMILES string of the molecule is CC1=[Si](C)CC(c2ccccc2)=C1c1ccccc1. The Morgan fingerprint density at radius 2 is 1.32 bits per heavy atom. The Balaban J connectivity index is 2.18. The second-order valence-corrected chi connectivity index (χ2v) is 7.83. The van der Waals surface area contributed by atoms with Gasteiger partial charge in [0.25, 0.3) is 0 Å². The molecule has 1 heteroatoms. The van der Waals surface area contributed by atoms with E-state index in [0.29, 0.717) is 0 Å². The smallest absolute Gasteiger partial charge is 0.0158 e. The molecule has 0 spiro atoms. The third kappa shape index (κ3) is 2.26. The second kappa shape index (κ2) is 5.10. The molecule has 0 N–H and O–H groups in total. The monoisotopic (exact) mass is 262 g/mol. The molecule has 3 rings (SSSR count). The van der Waals surface area contributed by atoms with Crippen LogP contribution in [0.15, 0.2) is 60.7 Å². The fourth-order valence-corrected chi connectivity index (χ4v) is 4.71. The molecule has 0 bridgehead atoms. The first-order valence-corrected chi connectivity index (χ1v) is 8.99. The van der Waals surface area contributed by atoms with Gasteiger partial charge >= 0.3 is 0 Å². The van der Waals surface area contributed by atoms with Crippen LogP contribution in [0.5, 0.6) is 0 Å². The summed E-state index contributed by atoms with van der Waals surface area (Å²) in [6.45, 7) is 4.76. The Bertz CT molecular complexity index is 649. The molecule has 0 nitrogen and oxygen atoms in total. The van der Waals surface area contributed by atoms with Crippen molar-refractivity contribution >= 4 is 24.7 Å². The van der Waals surface area contributed by atoms with Gasteiger partial charge in [0.1, 0.15) is 0 Å². The molecular weight excluding hydrogens is 244 g/mol. The van der Waals surface area contributed by atoms with E-state index in [0.717, 1.165) is 0 Å². The fraction of sp³-hybridized carbons (Fsp3) is 0.167. The van der Waals surface area contributed by atoms with Crippen LogP contribution in [0.1, 0.15) is 18.1 Å². The highest BCUT2D eigenvalue weighted by atomic mass is 28.2. The summed E-state index contributed by atoms with van der Waals surface area (Å²) < 4.78 is 0. The van der Waals surface area contributed by atoms with Crippen LogP contribution in [0, 0.1) is 0 Å². The summed E-state index contributed by atoms with van der Waals surface area (Å²) in [6, 6.07) is 23.0. The molecule has 0 saturated carbocycles. The van der Waals surface area contributed by atoms with Crippen LogP contribution in [-0.2, 0) is 0 Å². The van der Waals surface area contributed by atoms with Gasteiger partial charge in [-0.25, -0.2) is 0 Å². The summed E-state index contributed by atoms with van der Waals surface area (Å²) >= 11 is 0. The molecule has 0 fully saturated rings. The van der Waals surface area contributed by atoms with Gasteiger partial charge in [-0.05, 0) is 35.2 Å². The molecular formula is C18H18Si. The van der Waals surface area contributed by atoms with Gasteiger partial charge in [-0.1, -0.05) is 72.4 Å². The van der Waals surface area contributed by atoms with Crippen molar-refractivity contribution in [3.05, 3.63) is 71.8 Å². The van der Waals surface area contributed by atoms with Crippen LogP contribution >= 0.6 is 0 Å². The lowest BCUT2D eigenvalue weighted by Gasteiger charge is -2.10. The van der Waals surface area contributed by atoms with E-state index in [-0.39, 0.29) is 8.41 Å². The summed E-state index contributed by atoms with van der Waals surface area (Å²) in [6.07, 6.45) is 0. The molecule has 0 aromatic heterocycles. The lowest BCUT2D eigenvalue weighted by molar-refractivity contribution is 1.55. The van der Waals surface area contributed by atoms with E-state index in [4.69, 9.17) is 0 Å². The Hall–Kier alpha value is -1.73. The molecule has 1 heterocycles. The molecule has 0 aliphatic carbocycles. The predicted octanol–water partition coefficient (Wildman–Crippen LogP) is 4.51. The number of rotatable bonds is 2. The van der Waals surface area contributed by atoms with Crippen LogP contribution in [0.4, 0.5) is 0 Å². The van der Waals surface area contributed by atoms with Crippen molar-refractivity contribution in [3.63, 3.8) is 0 Å². The minimum Gasteiger partial charge on any atom is -0.0632 e. The summed E-state index contributed by atoms with van der Waals surface area (Å²) in [7, 11) is -0.383. The van der Waals surface area contributed by atoms with Crippen LogP contribution in [0.3, 0.4) is 0 Å². The van der Waals surface area contributed by atoms with Crippen LogP contribution in [0.2, 0.25) is 12.6 Å². The Labute approximate surface area is 116 Å². The van der Waals surface area contributed by atoms with Crippen molar-refractivity contribution in [3.8, 4) is 0 Å². The quantitative estimate of drug-likeness (QED) is 0.699. The first-order valence-electron chi connectivity index (χ1n) is 6.78. The number of hydrogen-bond donors (Lipinski definition) is 0. The molecule has 0 radical (unpaired) electrons. The second-order valence-electron chi connectivity index (χ2n) is 5.17. The van der Waals surface area contributed by atoms with Crippen molar-refractivity contribution in [2.24, 2.45) is 0 Å². The minimum absolute atomic E-state index is 0.383. The summed E-state index contributed by atoms with van der Waals surface area (Å²) in [5.41, 5.74) is 5.81. The van der Waals surface area contributed by atoms with E-state index in [2.05, 4.69) is 74.1 Å². The lowest BCUT2D eigenvalue weighted by Crippen LogP contribution is -2.03. The zero-order valence-electron chi connectivity index (χ0n) is 11.5. The van der Waals surface area contributed by atoms with Crippen LogP contribution < -0.4 is 0 Å². The number of benzene rings is 2. The van der Waals surface area contributed by atoms with Crippen molar-refractivity contribution in [2.45, 2.75) is 19.5 Å². The molecule has 2 aromatic rings. The summed E-state index contributed by atoms with van der Waals surface area (Å²) in [5, 5.41) is 1.62. The van der Waals surface area contributed by atoms with Gasteiger partial charge in [0, 0.05) is 8.41 Å². The normalized spacial score (nSPS) is 15.3. The molecule has 0 atom stereocenters. The Kier molecular flexibility index (Phi) is 3.30. The maximum atomic E-state index is 2.43. The first-order chi connectivity index (χ1) is 9.27. The van der Waals surface area contributed by atoms with Gasteiger partial charge in [0.05, 0.1) is 0 Å². The van der Waals surface area contributed by atoms with Gasteiger partial charge in [0.15, 0.2) is 0 Å². The predicted molar refractivity (Wildman–Crippen MR) is 86.8 cm³/mol. The molecule has 2 aromatic carbocycles. The summed E-state index contributed by atoms with van der Waals surface area (Å²) in [4.78, 5) is 0. The minimum atomic E-state index is -0.383. The van der Waals surface area contributed by atoms with E-state index in [1.165, 1.54) is 22.7 Å². The van der Waals surface area contributed by atoms with Gasteiger partial charge in [-0.3, -0.25) is 0 Å². The lowest BCUT2D eigenvalue weighted by atomic mass is 9.94. The number of allylic oxidation sites excluding steroid dienone is 2. The molecule has 94 valence electrons. The third-order valence-electron chi connectivity index (χ3n) is 3.94. The fourth-order valence-electron chi connectivity index (χ4n) is 2.81. The highest BCUT2D eigenvalue weighted by molar-refractivity contribution is 6.82. The zero-order valence-corrected chi connectivity index (χ0v) is 12.5. The van der Waals surface area contributed by atoms with Gasteiger partial charge in [-0.2, -0.15) is 0 Å². The van der Waals surface area contributed by atoms with E-state index in [1.54, 1.807) is 10.7 Å². The molecule has 0 saturated heterocycles. The van der Waals surface area contributed by atoms with Crippen molar-refractivity contribution in [2.75, 3.05) is 0 Å². The molecule has 1 aliphatic rings. The van der Waals surface area contributed by atoms with Gasteiger partial charge in [0.2, 0.25) is 0 Å². The standard InChI is InChI=1S/C18H18Si/c1-14-18(16-11-7-4-8-12-16)17(13-19(14)2)15-9-5-3-6-10-15/h3-12H,13H2,1-2H3. The molecule has 19 heavy (non-hydrogen) atoms. The van der Waals surface area contributed by atoms with E-state index >= 15 is 0 Å². The van der Waals surface area contributed by atoms with E-state index in [9.17, 15) is 0 Å². The zero-order chi connectivity index (χ0) is 13.2. The molecule has 0 unspecified atom stereocenters. The average Bonchev–Trinajstić information content (AvgIpc) is 2.77. The molecule has 0 amide bonds. The number of hydrogen-bond acceptors (Lipinski definition) is 0. The van der Waals surface area contributed by atoms with E-state index < -0.39 is 0 Å².